The predicted molar refractivity (Wildman–Crippen MR) is 72.3 cm³/mol. The fraction of sp³-hybridized carbons (Fsp3) is 0.154. The number of carbonyl (C=O) groups is 1. The summed E-state index contributed by atoms with van der Waals surface area (Å²) in [6.45, 7) is 0. The van der Waals surface area contributed by atoms with E-state index >= 15 is 0 Å². The fourth-order valence-electron chi connectivity index (χ4n) is 1.38. The zero-order valence-electron chi connectivity index (χ0n) is 10.5. The highest BCUT2D eigenvalue weighted by Crippen LogP contribution is 2.25. The van der Waals surface area contributed by atoms with Crippen LogP contribution in [0.25, 0.3) is 0 Å². The number of aldehydes is 1. The molecule has 0 spiro atoms. The zero-order valence-corrected chi connectivity index (χ0v) is 11.3. The van der Waals surface area contributed by atoms with E-state index in [1.165, 1.54) is 18.0 Å². The Bertz CT molecular complexity index is 573. The number of hydrogen-bond donors (Lipinski definition) is 0. The van der Waals surface area contributed by atoms with Gasteiger partial charge in [0.25, 0.3) is 0 Å². The minimum absolute atomic E-state index is 0.250. The van der Waals surface area contributed by atoms with E-state index in [2.05, 4.69) is 9.97 Å². The van der Waals surface area contributed by atoms with Crippen molar-refractivity contribution in [2.45, 2.75) is 5.16 Å². The lowest BCUT2D eigenvalue weighted by molar-refractivity contribution is 0.112. The second-order valence-electron chi connectivity index (χ2n) is 3.51. The summed E-state index contributed by atoms with van der Waals surface area (Å²) in [6.07, 6.45) is 3.97. The van der Waals surface area contributed by atoms with Crippen molar-refractivity contribution in [3.63, 3.8) is 0 Å². The molecule has 1 aromatic carbocycles. The van der Waals surface area contributed by atoms with Crippen LogP contribution in [-0.4, -0.2) is 29.6 Å². The normalized spacial score (nSPS) is 10.0. The molecule has 0 fully saturated rings. The van der Waals surface area contributed by atoms with Gasteiger partial charge in [0.2, 0.25) is 5.88 Å². The second kappa shape index (κ2) is 6.19. The number of aromatic nitrogens is 2. The van der Waals surface area contributed by atoms with Gasteiger partial charge in [-0.05, 0) is 30.5 Å². The van der Waals surface area contributed by atoms with E-state index in [1.807, 2.05) is 6.26 Å². The molecule has 0 saturated carbocycles. The first-order valence-electron chi connectivity index (χ1n) is 5.45. The van der Waals surface area contributed by atoms with Crippen LogP contribution in [0.15, 0.2) is 35.6 Å². The van der Waals surface area contributed by atoms with Crippen molar-refractivity contribution in [1.82, 2.24) is 9.97 Å². The minimum atomic E-state index is 0.250. The maximum absolute atomic E-state index is 10.9. The Kier molecular flexibility index (Phi) is 4.35. The highest BCUT2D eigenvalue weighted by atomic mass is 32.2. The van der Waals surface area contributed by atoms with E-state index in [0.717, 1.165) is 5.75 Å². The Morgan fingerprint density at radius 2 is 1.89 bits per heavy atom. The average Bonchev–Trinajstić information content (AvgIpc) is 2.48. The summed E-state index contributed by atoms with van der Waals surface area (Å²) in [5.41, 5.74) is 0.314. The summed E-state index contributed by atoms with van der Waals surface area (Å²) < 4.78 is 10.7. The van der Waals surface area contributed by atoms with Gasteiger partial charge in [-0.25, -0.2) is 4.98 Å². The Hall–Kier alpha value is -2.08. The van der Waals surface area contributed by atoms with Crippen molar-refractivity contribution < 1.29 is 14.3 Å². The van der Waals surface area contributed by atoms with E-state index < -0.39 is 0 Å². The molecule has 1 aromatic heterocycles. The van der Waals surface area contributed by atoms with E-state index in [4.69, 9.17) is 9.47 Å². The van der Waals surface area contributed by atoms with Crippen LogP contribution in [0, 0.1) is 0 Å². The molecule has 6 heteroatoms. The molecule has 0 aliphatic heterocycles. The second-order valence-corrected chi connectivity index (χ2v) is 4.29. The van der Waals surface area contributed by atoms with Crippen LogP contribution in [-0.2, 0) is 0 Å². The van der Waals surface area contributed by atoms with Crippen molar-refractivity contribution in [2.24, 2.45) is 0 Å². The number of methoxy groups -OCH3 is 1. The number of ether oxygens (including phenoxy) is 2. The lowest BCUT2D eigenvalue weighted by Crippen LogP contribution is -1.97. The van der Waals surface area contributed by atoms with Crippen molar-refractivity contribution in [1.29, 1.82) is 0 Å². The molecule has 0 bridgehead atoms. The van der Waals surface area contributed by atoms with Gasteiger partial charge in [0.15, 0.2) is 11.4 Å². The van der Waals surface area contributed by atoms with Crippen LogP contribution in [0.5, 0.6) is 17.4 Å². The monoisotopic (exact) mass is 276 g/mol. The Labute approximate surface area is 115 Å². The molecule has 19 heavy (non-hydrogen) atoms. The van der Waals surface area contributed by atoms with Crippen molar-refractivity contribution in [3.05, 3.63) is 36.0 Å². The topological polar surface area (TPSA) is 61.3 Å². The molecule has 0 amide bonds. The minimum Gasteiger partial charge on any atom is -0.497 e. The molecule has 0 radical (unpaired) electrons. The van der Waals surface area contributed by atoms with Crippen LogP contribution >= 0.6 is 11.8 Å². The van der Waals surface area contributed by atoms with Crippen LogP contribution in [0.1, 0.15) is 10.4 Å². The van der Waals surface area contributed by atoms with E-state index in [1.54, 1.807) is 31.4 Å². The van der Waals surface area contributed by atoms with Crippen molar-refractivity contribution >= 4 is 18.0 Å². The average molecular weight is 276 g/mol. The third-order valence-corrected chi connectivity index (χ3v) is 2.90. The summed E-state index contributed by atoms with van der Waals surface area (Å²) in [5.74, 6) is 1.56. The van der Waals surface area contributed by atoms with Gasteiger partial charge in [0, 0.05) is 6.20 Å². The highest BCUT2D eigenvalue weighted by molar-refractivity contribution is 7.98. The standard InChI is InChI=1S/C13H12N2O3S/c1-17-10-3-5-11(6-4-10)18-12-9(8-16)7-14-13(15-12)19-2/h3-8H,1-2H3. The summed E-state index contributed by atoms with van der Waals surface area (Å²) >= 11 is 1.38. The summed E-state index contributed by atoms with van der Waals surface area (Å²) in [5, 5.41) is 0.550. The quantitative estimate of drug-likeness (QED) is 0.475. The van der Waals surface area contributed by atoms with E-state index in [0.29, 0.717) is 22.8 Å². The number of hydrogen-bond acceptors (Lipinski definition) is 6. The first-order valence-corrected chi connectivity index (χ1v) is 6.67. The molecule has 0 unspecified atom stereocenters. The van der Waals surface area contributed by atoms with Gasteiger partial charge in [0.1, 0.15) is 11.5 Å². The molecule has 1 heterocycles. The van der Waals surface area contributed by atoms with Gasteiger partial charge in [-0.2, -0.15) is 4.98 Å². The van der Waals surface area contributed by atoms with Gasteiger partial charge in [-0.15, -0.1) is 0 Å². The first kappa shape index (κ1) is 13.4. The van der Waals surface area contributed by atoms with Gasteiger partial charge in [-0.3, -0.25) is 4.79 Å². The third kappa shape index (κ3) is 3.23. The lowest BCUT2D eigenvalue weighted by atomic mass is 10.3. The van der Waals surface area contributed by atoms with E-state index in [-0.39, 0.29) is 5.88 Å². The van der Waals surface area contributed by atoms with E-state index in [9.17, 15) is 4.79 Å². The molecule has 0 atom stereocenters. The van der Waals surface area contributed by atoms with Gasteiger partial charge in [-0.1, -0.05) is 11.8 Å². The molecule has 5 nitrogen and oxygen atoms in total. The number of rotatable bonds is 5. The Morgan fingerprint density at radius 3 is 2.47 bits per heavy atom. The number of carbonyl (C=O) groups excluding carboxylic acids is 1. The SMILES string of the molecule is COc1ccc(Oc2nc(SC)ncc2C=O)cc1. The molecule has 2 aromatic rings. The largest absolute Gasteiger partial charge is 0.497 e. The molecule has 0 saturated heterocycles. The van der Waals surface area contributed by atoms with Crippen molar-refractivity contribution in [2.75, 3.05) is 13.4 Å². The lowest BCUT2D eigenvalue weighted by Gasteiger charge is -2.08. The maximum Gasteiger partial charge on any atom is 0.233 e. The van der Waals surface area contributed by atoms with Gasteiger partial charge in [0.05, 0.1) is 12.7 Å². The third-order valence-electron chi connectivity index (χ3n) is 2.34. The van der Waals surface area contributed by atoms with Crippen molar-refractivity contribution in [3.8, 4) is 17.4 Å². The molecule has 98 valence electrons. The predicted octanol–water partition coefficient (Wildman–Crippen LogP) is 2.81. The summed E-state index contributed by atoms with van der Waals surface area (Å²) in [7, 11) is 1.59. The first-order chi connectivity index (χ1) is 9.26. The Morgan fingerprint density at radius 1 is 1.21 bits per heavy atom. The molecule has 0 N–H and O–H groups in total. The van der Waals surface area contributed by atoms with Gasteiger partial charge < -0.3 is 9.47 Å². The molecule has 0 aliphatic carbocycles. The Balaban J connectivity index is 2.27. The van der Waals surface area contributed by atoms with Crippen LogP contribution in [0.3, 0.4) is 0 Å². The van der Waals surface area contributed by atoms with Crippen LogP contribution < -0.4 is 9.47 Å². The summed E-state index contributed by atoms with van der Waals surface area (Å²) in [4.78, 5) is 19.1. The number of benzene rings is 1. The maximum atomic E-state index is 10.9. The fourth-order valence-corrected chi connectivity index (χ4v) is 1.71. The summed E-state index contributed by atoms with van der Waals surface area (Å²) in [6, 6.07) is 7.03. The molecule has 2 rings (SSSR count). The smallest absolute Gasteiger partial charge is 0.233 e. The number of thioether (sulfide) groups is 1. The zero-order chi connectivity index (χ0) is 13.7. The molecular weight excluding hydrogens is 264 g/mol. The van der Waals surface area contributed by atoms with Gasteiger partial charge >= 0.3 is 0 Å². The molecular formula is C13H12N2O3S. The highest BCUT2D eigenvalue weighted by Gasteiger charge is 2.09. The van der Waals surface area contributed by atoms with Crippen LogP contribution in [0.2, 0.25) is 0 Å². The van der Waals surface area contributed by atoms with Crippen LogP contribution in [0.4, 0.5) is 0 Å². The molecule has 0 aliphatic rings. The number of nitrogens with zero attached hydrogens (tertiary/aromatic N) is 2.